The number of anilines is 1. The summed E-state index contributed by atoms with van der Waals surface area (Å²) in [6.07, 6.45) is 7.32. The average Bonchev–Trinajstić information content (AvgIpc) is 4.28. The van der Waals surface area contributed by atoms with Crippen LogP contribution in [-0.2, 0) is 22.8 Å². The van der Waals surface area contributed by atoms with Gasteiger partial charge in [-0.3, -0.25) is 24.3 Å². The minimum absolute atomic E-state index is 0.0136. The molecule has 0 radical (unpaired) electrons. The number of primary amides is 1. The molecule has 2 fully saturated rings. The van der Waals surface area contributed by atoms with Crippen LogP contribution in [0.25, 0.3) is 22.0 Å². The Morgan fingerprint density at radius 3 is 2.24 bits per heavy atom. The first-order valence-electron chi connectivity index (χ1n) is 25.7. The number of hydrogen-bond donors (Lipinski definition) is 4. The van der Waals surface area contributed by atoms with E-state index in [0.717, 1.165) is 61.1 Å². The van der Waals surface area contributed by atoms with Gasteiger partial charge in [0.2, 0.25) is 11.7 Å². The van der Waals surface area contributed by atoms with Crippen molar-refractivity contribution in [2.75, 3.05) is 45.2 Å². The highest BCUT2D eigenvalue weighted by molar-refractivity contribution is 6.30. The molecule has 20 heteroatoms. The Kier molecular flexibility index (Phi) is 20.5. The molecule has 0 atom stereocenters. The van der Waals surface area contributed by atoms with Crippen molar-refractivity contribution in [3.05, 3.63) is 165 Å². The van der Waals surface area contributed by atoms with Crippen molar-refractivity contribution in [3.8, 4) is 28.7 Å². The maximum atomic E-state index is 15.3. The van der Waals surface area contributed by atoms with Crippen LogP contribution >= 0.6 is 11.6 Å². The first-order chi connectivity index (χ1) is 37.9. The average molecular weight is 1110 g/mol. The molecule has 4 aromatic carbocycles. The number of benzene rings is 4. The lowest BCUT2D eigenvalue weighted by Crippen LogP contribution is -2.40. The lowest BCUT2D eigenvalue weighted by Gasteiger charge is -2.35. The molecular formula is C59H60ClF5N8O6. The second kappa shape index (κ2) is 27.6. The molecule has 0 bridgehead atoms. The highest BCUT2D eigenvalue weighted by Gasteiger charge is 2.33. The summed E-state index contributed by atoms with van der Waals surface area (Å²) in [7, 11) is 2.97. The number of rotatable bonds is 14. The van der Waals surface area contributed by atoms with Gasteiger partial charge in [0.15, 0.2) is 0 Å². The molecule has 1 aliphatic carbocycles. The van der Waals surface area contributed by atoms with E-state index < -0.39 is 47.0 Å². The SMILES string of the molecule is COc1cc2[nH]ncc2cc1NC(=O)c1cccc(C(F)(F)F)n1.Cc1c(F)ccc(F)c1-c1c(C(=O)NCCC(N)=O)cn(C)c1C(=O)c1ccc(C#CCOC2CCN(CC3CCCCC3)CC2)cc1.Clc1ccccc1. The normalized spacial score (nSPS) is 13.9. The number of carbonyl (C=O) groups is 4. The van der Waals surface area contributed by atoms with Crippen molar-refractivity contribution in [2.45, 2.75) is 70.6 Å². The van der Waals surface area contributed by atoms with E-state index in [-0.39, 0.29) is 58.3 Å². The van der Waals surface area contributed by atoms with Crippen LogP contribution in [-0.4, -0.2) is 94.2 Å². The molecule has 2 aliphatic rings. The van der Waals surface area contributed by atoms with Crippen LogP contribution in [0.2, 0.25) is 5.02 Å². The van der Waals surface area contributed by atoms with E-state index in [1.807, 2.05) is 30.3 Å². The summed E-state index contributed by atoms with van der Waals surface area (Å²) in [5.41, 5.74) is 5.41. The molecule has 1 aliphatic heterocycles. The lowest BCUT2D eigenvalue weighted by molar-refractivity contribution is -0.141. The first-order valence-corrected chi connectivity index (χ1v) is 26.0. The Balaban J connectivity index is 0.000000239. The number of aromatic amines is 1. The van der Waals surface area contributed by atoms with Crippen molar-refractivity contribution in [3.63, 3.8) is 0 Å². The topological polar surface area (TPSA) is 187 Å². The Bertz CT molecular complexity index is 3310. The lowest BCUT2D eigenvalue weighted by atomic mass is 9.88. The maximum Gasteiger partial charge on any atom is 0.433 e. The van der Waals surface area contributed by atoms with E-state index in [4.69, 9.17) is 26.8 Å². The predicted molar refractivity (Wildman–Crippen MR) is 292 cm³/mol. The van der Waals surface area contributed by atoms with E-state index >= 15 is 4.39 Å². The first kappa shape index (κ1) is 58.8. The number of fused-ring (bicyclic) bond motifs is 1. The van der Waals surface area contributed by atoms with Gasteiger partial charge < -0.3 is 35.3 Å². The Hall–Kier alpha value is -7.92. The molecule has 4 heterocycles. The number of methoxy groups -OCH3 is 1. The van der Waals surface area contributed by atoms with Crippen molar-refractivity contribution in [1.82, 2.24) is 30.0 Å². The van der Waals surface area contributed by atoms with E-state index in [1.165, 1.54) is 69.5 Å². The third-order valence-corrected chi connectivity index (χ3v) is 13.7. The molecule has 1 saturated carbocycles. The van der Waals surface area contributed by atoms with Crippen LogP contribution in [0.15, 0.2) is 109 Å². The van der Waals surface area contributed by atoms with Crippen LogP contribution in [0.5, 0.6) is 5.75 Å². The number of nitrogens with two attached hydrogens (primary N) is 1. The van der Waals surface area contributed by atoms with Gasteiger partial charge in [-0.15, -0.1) is 0 Å². The van der Waals surface area contributed by atoms with Crippen molar-refractivity contribution >= 4 is 51.7 Å². The third kappa shape index (κ3) is 16.1. The summed E-state index contributed by atoms with van der Waals surface area (Å²) in [6, 6.07) is 24.4. The summed E-state index contributed by atoms with van der Waals surface area (Å²) in [5.74, 6) is 3.39. The zero-order valence-corrected chi connectivity index (χ0v) is 44.6. The molecule has 3 amide bonds. The highest BCUT2D eigenvalue weighted by Crippen LogP contribution is 2.37. The standard InChI is InChI=1S/C38H44F2N4O4.C15H11F3N4O2.C6H5Cl/c1-25-31(39)14-15-32(40)34(25)35-30(38(47)42-19-16-33(41)45)24-43(2)36(35)37(46)28-12-10-26(11-13-28)9-6-22-48-29-17-20-44(21-18-29)23-27-7-4-3-5-8-27;1-24-12-6-10-8(7-19-22-10)5-11(12)21-14(23)9-3-2-4-13(20-9)15(16,17)18;7-6-4-2-1-3-5-6/h10-15,24,27,29H,3-5,7-8,16-23H2,1-2H3,(H2,41,45)(H,42,47);2-7H,1H3,(H,19,22)(H,21,23);1-5H. The fourth-order valence-corrected chi connectivity index (χ4v) is 9.52. The van der Waals surface area contributed by atoms with Crippen LogP contribution < -0.4 is 21.1 Å². The zero-order chi connectivity index (χ0) is 56.6. The molecule has 5 N–H and O–H groups in total. The van der Waals surface area contributed by atoms with Gasteiger partial charge in [0.25, 0.3) is 11.8 Å². The summed E-state index contributed by atoms with van der Waals surface area (Å²) in [4.78, 5) is 56.4. The molecule has 0 unspecified atom stereocenters. The minimum Gasteiger partial charge on any atom is -0.494 e. The number of nitrogens with zero attached hydrogens (tertiary/aromatic N) is 4. The number of piperidine rings is 1. The number of carbonyl (C=O) groups excluding carboxylic acids is 4. The fourth-order valence-electron chi connectivity index (χ4n) is 9.37. The molecular weight excluding hydrogens is 1050 g/mol. The van der Waals surface area contributed by atoms with Crippen LogP contribution in [0.3, 0.4) is 0 Å². The summed E-state index contributed by atoms with van der Waals surface area (Å²) in [6.45, 7) is 5.02. The quantitative estimate of drug-likeness (QED) is 0.0467. The van der Waals surface area contributed by atoms with Crippen molar-refractivity contribution in [2.24, 2.45) is 18.7 Å². The molecule has 79 heavy (non-hydrogen) atoms. The minimum atomic E-state index is -4.62. The van der Waals surface area contributed by atoms with Crippen molar-refractivity contribution in [1.29, 1.82) is 0 Å². The second-order valence-electron chi connectivity index (χ2n) is 19.1. The van der Waals surface area contributed by atoms with E-state index in [2.05, 4.69) is 42.6 Å². The number of pyridine rings is 1. The highest BCUT2D eigenvalue weighted by atomic mass is 35.5. The molecule has 414 valence electrons. The van der Waals surface area contributed by atoms with Crippen LogP contribution in [0, 0.1) is 36.3 Å². The second-order valence-corrected chi connectivity index (χ2v) is 19.5. The van der Waals surface area contributed by atoms with Crippen LogP contribution in [0.1, 0.15) is 105 Å². The molecule has 1 saturated heterocycles. The number of amides is 3. The van der Waals surface area contributed by atoms with Crippen LogP contribution in [0.4, 0.5) is 27.6 Å². The van der Waals surface area contributed by atoms with Gasteiger partial charge in [-0.2, -0.15) is 18.3 Å². The van der Waals surface area contributed by atoms with Gasteiger partial charge >= 0.3 is 6.18 Å². The number of H-pyrrole nitrogens is 1. The van der Waals surface area contributed by atoms with Gasteiger partial charge in [0.05, 0.1) is 41.9 Å². The number of alkyl halides is 3. The molecule has 3 aromatic heterocycles. The summed E-state index contributed by atoms with van der Waals surface area (Å²) >= 11 is 5.54. The number of nitrogens with one attached hydrogen (secondary N) is 3. The van der Waals surface area contributed by atoms with Gasteiger partial charge in [0.1, 0.15) is 35.4 Å². The van der Waals surface area contributed by atoms with Gasteiger partial charge in [-0.1, -0.05) is 67.0 Å². The molecule has 9 rings (SSSR count). The molecule has 7 aromatic rings. The van der Waals surface area contributed by atoms with E-state index in [1.54, 1.807) is 49.6 Å². The summed E-state index contributed by atoms with van der Waals surface area (Å²) < 4.78 is 80.7. The number of halogens is 6. The Morgan fingerprint density at radius 2 is 1.58 bits per heavy atom. The number of aromatic nitrogens is 4. The van der Waals surface area contributed by atoms with Gasteiger partial charge in [-0.25, -0.2) is 13.8 Å². The Morgan fingerprint density at radius 1 is 0.873 bits per heavy atom. The Labute approximate surface area is 459 Å². The number of hydrogen-bond acceptors (Lipinski definition) is 9. The van der Waals surface area contributed by atoms with E-state index in [9.17, 15) is 36.7 Å². The predicted octanol–water partition coefficient (Wildman–Crippen LogP) is 11.1. The summed E-state index contributed by atoms with van der Waals surface area (Å²) in [5, 5.41) is 13.2. The molecule has 0 spiro atoms. The van der Waals surface area contributed by atoms with Gasteiger partial charge in [-0.05, 0) is 111 Å². The smallest absolute Gasteiger partial charge is 0.433 e. The number of ether oxygens (including phenoxy) is 2. The largest absolute Gasteiger partial charge is 0.494 e. The number of aryl methyl sites for hydroxylation is 1. The number of likely N-dealkylation sites (tertiary alicyclic amines) is 1. The number of ketones is 1. The van der Waals surface area contributed by atoms with Gasteiger partial charge in [0, 0.05) is 84.6 Å². The van der Waals surface area contributed by atoms with Crippen molar-refractivity contribution < 1.29 is 50.6 Å². The monoisotopic (exact) mass is 1110 g/mol. The maximum absolute atomic E-state index is 15.3. The fraction of sp³-hybridized carbons (Fsp3) is 0.322. The van der Waals surface area contributed by atoms with E-state index in [0.29, 0.717) is 34.5 Å². The third-order valence-electron chi connectivity index (χ3n) is 13.5. The molecule has 14 nitrogen and oxygen atoms in total. The zero-order valence-electron chi connectivity index (χ0n) is 43.8.